The van der Waals surface area contributed by atoms with Gasteiger partial charge in [0, 0.05) is 0 Å². The molecule has 1 atom stereocenters. The second-order valence-electron chi connectivity index (χ2n) is 7.81. The largest absolute Gasteiger partial charge is 0.496 e. The van der Waals surface area contributed by atoms with Crippen molar-refractivity contribution >= 4 is 39.3 Å². The zero-order chi connectivity index (χ0) is 26.0. The molecular formula is C26H25BrN2O6S. The highest BCUT2D eigenvalue weighted by molar-refractivity contribution is 9.10. The van der Waals surface area contributed by atoms with Crippen molar-refractivity contribution < 1.29 is 23.7 Å². The Labute approximate surface area is 220 Å². The van der Waals surface area contributed by atoms with E-state index in [2.05, 4.69) is 20.9 Å². The van der Waals surface area contributed by atoms with Crippen LogP contribution in [0, 0.1) is 0 Å². The van der Waals surface area contributed by atoms with Crippen molar-refractivity contribution in [3.8, 4) is 17.2 Å². The number of carbonyl (C=O) groups is 1. The summed E-state index contributed by atoms with van der Waals surface area (Å²) in [7, 11) is 4.68. The lowest BCUT2D eigenvalue weighted by Crippen LogP contribution is -2.39. The summed E-state index contributed by atoms with van der Waals surface area (Å²) in [5.41, 5.74) is 2.02. The minimum Gasteiger partial charge on any atom is -0.496 e. The van der Waals surface area contributed by atoms with E-state index in [1.165, 1.54) is 23.0 Å². The van der Waals surface area contributed by atoms with E-state index < -0.39 is 12.0 Å². The number of carbonyl (C=O) groups excluding carboxylic acids is 1. The molecule has 0 spiro atoms. The summed E-state index contributed by atoms with van der Waals surface area (Å²) in [5.74, 6) is 1.19. The normalized spacial score (nSPS) is 15.3. The van der Waals surface area contributed by atoms with Gasteiger partial charge in [-0.2, -0.15) is 0 Å². The molecule has 0 N–H and O–H groups in total. The lowest BCUT2D eigenvalue weighted by molar-refractivity contribution is -0.139. The summed E-state index contributed by atoms with van der Waals surface area (Å²) < 4.78 is 24.3. The van der Waals surface area contributed by atoms with Gasteiger partial charge in [-0.3, -0.25) is 9.36 Å². The monoisotopic (exact) mass is 572 g/mol. The van der Waals surface area contributed by atoms with Crippen LogP contribution in [-0.4, -0.2) is 38.5 Å². The number of esters is 1. The molecule has 0 bridgehead atoms. The maximum Gasteiger partial charge on any atom is 0.338 e. The molecule has 0 amide bonds. The molecule has 2 aromatic carbocycles. The highest BCUT2D eigenvalue weighted by atomic mass is 79.9. The average molecular weight is 573 g/mol. The molecule has 188 valence electrons. The Hall–Kier alpha value is -3.37. The molecule has 1 unspecified atom stereocenters. The van der Waals surface area contributed by atoms with Crippen LogP contribution in [0.25, 0.3) is 6.08 Å². The van der Waals surface area contributed by atoms with Gasteiger partial charge in [0.25, 0.3) is 5.56 Å². The number of ether oxygens (including phenoxy) is 4. The number of hydrogen-bond donors (Lipinski definition) is 0. The Balaban J connectivity index is 1.95. The van der Waals surface area contributed by atoms with Crippen molar-refractivity contribution in [1.82, 2.24) is 4.57 Å². The Morgan fingerprint density at radius 2 is 1.78 bits per heavy atom. The van der Waals surface area contributed by atoms with E-state index in [9.17, 15) is 9.59 Å². The lowest BCUT2D eigenvalue weighted by atomic mass is 9.95. The summed E-state index contributed by atoms with van der Waals surface area (Å²) >= 11 is 4.74. The lowest BCUT2D eigenvalue weighted by Gasteiger charge is -2.25. The van der Waals surface area contributed by atoms with Gasteiger partial charge in [-0.05, 0) is 71.2 Å². The Bertz CT molecular complexity index is 1540. The first kappa shape index (κ1) is 25.7. The number of hydrogen-bond acceptors (Lipinski definition) is 8. The number of methoxy groups -OCH3 is 3. The van der Waals surface area contributed by atoms with Crippen LogP contribution in [0.1, 0.15) is 31.0 Å². The number of rotatable bonds is 7. The van der Waals surface area contributed by atoms with Gasteiger partial charge in [0.2, 0.25) is 0 Å². The van der Waals surface area contributed by atoms with Crippen LogP contribution < -0.4 is 29.1 Å². The number of fused-ring (bicyclic) bond motifs is 1. The average Bonchev–Trinajstić information content (AvgIpc) is 3.17. The van der Waals surface area contributed by atoms with Gasteiger partial charge in [-0.25, -0.2) is 9.79 Å². The fraction of sp³-hybridized carbons (Fsp3) is 0.269. The number of nitrogens with zero attached hydrogens (tertiary/aromatic N) is 2. The minimum atomic E-state index is -0.746. The molecule has 0 aliphatic carbocycles. The van der Waals surface area contributed by atoms with Gasteiger partial charge in [0.1, 0.15) is 5.75 Å². The van der Waals surface area contributed by atoms with Crippen LogP contribution in [0.4, 0.5) is 0 Å². The van der Waals surface area contributed by atoms with Gasteiger partial charge in [-0.1, -0.05) is 23.5 Å². The fourth-order valence-corrected chi connectivity index (χ4v) is 5.66. The van der Waals surface area contributed by atoms with E-state index in [0.29, 0.717) is 43.4 Å². The predicted octanol–water partition coefficient (Wildman–Crippen LogP) is 3.59. The first-order valence-electron chi connectivity index (χ1n) is 11.1. The minimum absolute atomic E-state index is 0.199. The highest BCUT2D eigenvalue weighted by Gasteiger charge is 2.33. The maximum atomic E-state index is 13.7. The van der Waals surface area contributed by atoms with Gasteiger partial charge < -0.3 is 18.9 Å². The molecule has 2 heterocycles. The van der Waals surface area contributed by atoms with Crippen molar-refractivity contribution in [3.63, 3.8) is 0 Å². The van der Waals surface area contributed by atoms with E-state index in [1.807, 2.05) is 24.3 Å². The molecule has 36 heavy (non-hydrogen) atoms. The predicted molar refractivity (Wildman–Crippen MR) is 141 cm³/mol. The molecule has 3 aromatic rings. The van der Waals surface area contributed by atoms with Crippen LogP contribution in [0.5, 0.6) is 17.2 Å². The molecule has 10 heteroatoms. The van der Waals surface area contributed by atoms with E-state index in [-0.39, 0.29) is 12.2 Å². The third-order valence-corrected chi connectivity index (χ3v) is 7.32. The fourth-order valence-electron chi connectivity index (χ4n) is 4.05. The second-order valence-corrected chi connectivity index (χ2v) is 9.67. The molecule has 1 aliphatic heterocycles. The quantitative estimate of drug-likeness (QED) is 0.402. The molecule has 0 fully saturated rings. The zero-order valence-corrected chi connectivity index (χ0v) is 22.9. The first-order valence-corrected chi connectivity index (χ1v) is 12.7. The topological polar surface area (TPSA) is 88.4 Å². The maximum absolute atomic E-state index is 13.7. The van der Waals surface area contributed by atoms with E-state index in [4.69, 9.17) is 18.9 Å². The third kappa shape index (κ3) is 4.70. The van der Waals surface area contributed by atoms with Crippen molar-refractivity contribution in [2.75, 3.05) is 27.9 Å². The van der Waals surface area contributed by atoms with E-state index >= 15 is 0 Å². The van der Waals surface area contributed by atoms with Gasteiger partial charge >= 0.3 is 5.97 Å². The smallest absolute Gasteiger partial charge is 0.338 e. The first-order chi connectivity index (χ1) is 17.3. The number of halogens is 1. The third-order valence-electron chi connectivity index (χ3n) is 5.71. The molecule has 0 saturated carbocycles. The molecule has 0 saturated heterocycles. The second kappa shape index (κ2) is 10.7. The Kier molecular flexibility index (Phi) is 7.65. The highest BCUT2D eigenvalue weighted by Crippen LogP contribution is 2.36. The number of benzene rings is 2. The summed E-state index contributed by atoms with van der Waals surface area (Å²) in [6.07, 6.45) is 1.79. The van der Waals surface area contributed by atoms with Gasteiger partial charge in [0.15, 0.2) is 16.3 Å². The molecule has 1 aromatic heterocycles. The molecule has 1 aliphatic rings. The SMILES string of the molecule is CCOC(=O)C1=C(C)N=c2sc(=Cc3ccc(OC)c(Br)c3)c(=O)n2C1c1ccc(OC)c(OC)c1. The van der Waals surface area contributed by atoms with Crippen molar-refractivity contribution in [2.45, 2.75) is 19.9 Å². The van der Waals surface area contributed by atoms with Crippen molar-refractivity contribution in [1.29, 1.82) is 0 Å². The van der Waals surface area contributed by atoms with E-state index in [0.717, 1.165) is 10.0 Å². The molecule has 8 nitrogen and oxygen atoms in total. The molecular weight excluding hydrogens is 548 g/mol. The number of allylic oxidation sites excluding steroid dienone is 1. The zero-order valence-electron chi connectivity index (χ0n) is 20.5. The Morgan fingerprint density at radius 1 is 1.08 bits per heavy atom. The molecule has 0 radical (unpaired) electrons. The number of thiazole rings is 1. The number of aromatic nitrogens is 1. The summed E-state index contributed by atoms with van der Waals surface area (Å²) in [4.78, 5) is 31.9. The standard InChI is InChI=1S/C26H25BrN2O6S/c1-6-35-25(31)22-14(2)28-26-29(23(22)16-8-10-19(33-4)20(13-16)34-5)24(30)21(36-26)12-15-7-9-18(32-3)17(27)11-15/h7-13,23H,6H2,1-5H3. The van der Waals surface area contributed by atoms with E-state index in [1.54, 1.807) is 46.3 Å². The van der Waals surface area contributed by atoms with Crippen molar-refractivity contribution in [2.24, 2.45) is 4.99 Å². The Morgan fingerprint density at radius 3 is 2.42 bits per heavy atom. The summed E-state index contributed by atoms with van der Waals surface area (Å²) in [5, 5.41) is 0. The van der Waals surface area contributed by atoms with Crippen LogP contribution in [0.2, 0.25) is 0 Å². The van der Waals surface area contributed by atoms with Gasteiger partial charge in [-0.15, -0.1) is 0 Å². The van der Waals surface area contributed by atoms with Gasteiger partial charge in [0.05, 0.1) is 54.3 Å². The van der Waals surface area contributed by atoms with Crippen molar-refractivity contribution in [3.05, 3.63) is 83.0 Å². The van der Waals surface area contributed by atoms with Crippen LogP contribution in [-0.2, 0) is 9.53 Å². The summed E-state index contributed by atoms with van der Waals surface area (Å²) in [6.45, 7) is 3.68. The molecule has 4 rings (SSSR count). The summed E-state index contributed by atoms with van der Waals surface area (Å²) in [6, 6.07) is 10.1. The van der Waals surface area contributed by atoms with Crippen LogP contribution in [0.15, 0.2) is 61.9 Å². The van der Waals surface area contributed by atoms with Crippen LogP contribution >= 0.6 is 27.3 Å². The van der Waals surface area contributed by atoms with Crippen LogP contribution in [0.3, 0.4) is 0 Å².